The van der Waals surface area contributed by atoms with Gasteiger partial charge in [0.1, 0.15) is 5.65 Å². The van der Waals surface area contributed by atoms with Crippen molar-refractivity contribution in [2.24, 2.45) is 0 Å². The highest BCUT2D eigenvalue weighted by Crippen LogP contribution is 2.09. The van der Waals surface area contributed by atoms with Gasteiger partial charge in [0.05, 0.1) is 19.1 Å². The molecule has 0 spiro atoms. The van der Waals surface area contributed by atoms with E-state index >= 15 is 0 Å². The Morgan fingerprint density at radius 2 is 2.47 bits per heavy atom. The van der Waals surface area contributed by atoms with Crippen molar-refractivity contribution < 1.29 is 9.53 Å². The van der Waals surface area contributed by atoms with Gasteiger partial charge in [-0.1, -0.05) is 0 Å². The fraction of sp³-hybridized carbons (Fsp3) is 0.250. The molecule has 0 aromatic carbocycles. The Labute approximate surface area is 98.3 Å². The largest absolute Gasteiger partial charge is 0.461 e. The summed E-state index contributed by atoms with van der Waals surface area (Å²) in [5.41, 5.74) is 1.79. The number of hydrogen-bond acceptors (Lipinski definition) is 4. The molecule has 0 unspecified atom stereocenters. The number of nitrogens with zero attached hydrogens (tertiary/aromatic N) is 3. The van der Waals surface area contributed by atoms with Crippen LogP contribution in [0.1, 0.15) is 23.0 Å². The second kappa shape index (κ2) is 4.66. The molecule has 0 saturated carbocycles. The van der Waals surface area contributed by atoms with E-state index in [1.165, 1.54) is 0 Å². The molecule has 0 N–H and O–H groups in total. The lowest BCUT2D eigenvalue weighted by Gasteiger charge is -1.95. The molecular formula is C12H11N3O2. The van der Waals surface area contributed by atoms with Gasteiger partial charge in [-0.05, 0) is 24.6 Å². The fourth-order valence-electron chi connectivity index (χ4n) is 1.53. The molecule has 0 saturated heterocycles. The number of aromatic nitrogens is 2. The van der Waals surface area contributed by atoms with Gasteiger partial charge >= 0.3 is 5.97 Å². The Morgan fingerprint density at radius 3 is 3.18 bits per heavy atom. The molecule has 17 heavy (non-hydrogen) atoms. The summed E-state index contributed by atoms with van der Waals surface area (Å²) in [5, 5.41) is 8.60. The van der Waals surface area contributed by atoms with Gasteiger partial charge in [-0.3, -0.25) is 0 Å². The normalized spacial score (nSPS) is 10.1. The summed E-state index contributed by atoms with van der Waals surface area (Å²) in [5.74, 6) is -0.432. The van der Waals surface area contributed by atoms with Crippen LogP contribution in [0.2, 0.25) is 0 Å². The average molecular weight is 229 g/mol. The van der Waals surface area contributed by atoms with Crippen LogP contribution in [-0.2, 0) is 11.2 Å². The predicted octanol–water partition coefficient (Wildman–Crippen LogP) is 1.58. The summed E-state index contributed by atoms with van der Waals surface area (Å²) in [4.78, 5) is 15.6. The van der Waals surface area contributed by atoms with Crippen LogP contribution in [-0.4, -0.2) is 22.0 Å². The maximum absolute atomic E-state index is 11.5. The molecular weight excluding hydrogens is 218 g/mol. The number of nitriles is 1. The van der Waals surface area contributed by atoms with Gasteiger partial charge in [0.2, 0.25) is 0 Å². The van der Waals surface area contributed by atoms with Crippen LogP contribution in [0.5, 0.6) is 0 Å². The van der Waals surface area contributed by atoms with E-state index < -0.39 is 5.97 Å². The summed E-state index contributed by atoms with van der Waals surface area (Å²) in [7, 11) is 0. The van der Waals surface area contributed by atoms with E-state index in [0.717, 1.165) is 5.56 Å². The number of esters is 1. The van der Waals surface area contributed by atoms with Crippen LogP contribution in [0.4, 0.5) is 0 Å². The van der Waals surface area contributed by atoms with E-state index in [4.69, 9.17) is 10.00 Å². The van der Waals surface area contributed by atoms with Crippen molar-refractivity contribution in [3.8, 4) is 6.07 Å². The van der Waals surface area contributed by atoms with Gasteiger partial charge in [-0.2, -0.15) is 5.26 Å². The number of ether oxygens (including phenoxy) is 1. The highest BCUT2D eigenvalue weighted by Gasteiger charge is 2.11. The molecule has 2 aromatic heterocycles. The van der Waals surface area contributed by atoms with E-state index in [1.54, 1.807) is 29.8 Å². The fourth-order valence-corrected chi connectivity index (χ4v) is 1.53. The van der Waals surface area contributed by atoms with Gasteiger partial charge in [-0.15, -0.1) is 0 Å². The standard InChI is InChI=1S/C12H11N3O2/c1-2-17-12(16)10-8-15-6-4-9(3-5-13)7-11(15)14-10/h4,6-8H,2-3H2,1H3. The molecule has 2 rings (SSSR count). The van der Waals surface area contributed by atoms with Crippen molar-refractivity contribution in [2.45, 2.75) is 13.3 Å². The lowest BCUT2D eigenvalue weighted by atomic mass is 10.2. The van der Waals surface area contributed by atoms with Gasteiger partial charge in [0, 0.05) is 12.4 Å². The number of carbonyl (C=O) groups is 1. The number of carbonyl (C=O) groups excluding carboxylic acids is 1. The topological polar surface area (TPSA) is 67.4 Å². The summed E-state index contributed by atoms with van der Waals surface area (Å²) >= 11 is 0. The summed E-state index contributed by atoms with van der Waals surface area (Å²) in [6.07, 6.45) is 3.72. The average Bonchev–Trinajstić information content (AvgIpc) is 2.73. The SMILES string of the molecule is CCOC(=O)c1cn2ccc(CC#N)cc2n1. The highest BCUT2D eigenvalue weighted by atomic mass is 16.5. The number of rotatable bonds is 3. The first-order valence-electron chi connectivity index (χ1n) is 5.26. The van der Waals surface area contributed by atoms with E-state index in [-0.39, 0.29) is 5.69 Å². The molecule has 0 amide bonds. The molecule has 86 valence electrons. The minimum Gasteiger partial charge on any atom is -0.461 e. The molecule has 0 radical (unpaired) electrons. The Balaban J connectivity index is 2.37. The molecule has 0 bridgehead atoms. The van der Waals surface area contributed by atoms with E-state index in [1.807, 2.05) is 6.07 Å². The Kier molecular flexibility index (Phi) is 3.06. The van der Waals surface area contributed by atoms with Gasteiger partial charge in [-0.25, -0.2) is 9.78 Å². The summed E-state index contributed by atoms with van der Waals surface area (Å²) in [6.45, 7) is 2.07. The minimum atomic E-state index is -0.432. The summed E-state index contributed by atoms with van der Waals surface area (Å²) < 4.78 is 6.60. The Hall–Kier alpha value is -2.35. The van der Waals surface area contributed by atoms with Gasteiger partial charge in [0.25, 0.3) is 0 Å². The first kappa shape index (κ1) is 11.1. The van der Waals surface area contributed by atoms with Crippen LogP contribution < -0.4 is 0 Å². The van der Waals surface area contributed by atoms with Crippen molar-refractivity contribution in [3.63, 3.8) is 0 Å². The smallest absolute Gasteiger partial charge is 0.358 e. The first-order valence-corrected chi connectivity index (χ1v) is 5.26. The quantitative estimate of drug-likeness (QED) is 0.749. The molecule has 0 fully saturated rings. The molecule has 2 aromatic rings. The van der Waals surface area contributed by atoms with Crippen molar-refractivity contribution in [1.82, 2.24) is 9.38 Å². The maximum atomic E-state index is 11.5. The lowest BCUT2D eigenvalue weighted by molar-refractivity contribution is 0.0520. The number of pyridine rings is 1. The number of fused-ring (bicyclic) bond motifs is 1. The number of hydrogen-bond donors (Lipinski definition) is 0. The van der Waals surface area contributed by atoms with Crippen molar-refractivity contribution in [1.29, 1.82) is 5.26 Å². The third-order valence-corrected chi connectivity index (χ3v) is 2.29. The lowest BCUT2D eigenvalue weighted by Crippen LogP contribution is -2.04. The molecule has 0 aliphatic carbocycles. The van der Waals surface area contributed by atoms with Crippen LogP contribution in [0.3, 0.4) is 0 Å². The third-order valence-electron chi connectivity index (χ3n) is 2.29. The van der Waals surface area contributed by atoms with E-state index in [2.05, 4.69) is 11.1 Å². The molecule has 5 nitrogen and oxygen atoms in total. The van der Waals surface area contributed by atoms with Gasteiger partial charge < -0.3 is 9.14 Å². The zero-order valence-electron chi connectivity index (χ0n) is 9.38. The van der Waals surface area contributed by atoms with Crippen LogP contribution >= 0.6 is 0 Å². The van der Waals surface area contributed by atoms with Crippen molar-refractivity contribution >= 4 is 11.6 Å². The van der Waals surface area contributed by atoms with E-state index in [0.29, 0.717) is 18.7 Å². The number of imidazole rings is 1. The Bertz CT molecular complexity index is 595. The second-order valence-electron chi connectivity index (χ2n) is 3.48. The van der Waals surface area contributed by atoms with Crippen LogP contribution in [0.25, 0.3) is 5.65 Å². The van der Waals surface area contributed by atoms with E-state index in [9.17, 15) is 4.79 Å². The van der Waals surface area contributed by atoms with Crippen LogP contribution in [0, 0.1) is 11.3 Å². The molecule has 0 aliphatic heterocycles. The monoisotopic (exact) mass is 229 g/mol. The molecule has 0 atom stereocenters. The first-order chi connectivity index (χ1) is 8.24. The van der Waals surface area contributed by atoms with Crippen molar-refractivity contribution in [2.75, 3.05) is 6.61 Å². The summed E-state index contributed by atoms with van der Waals surface area (Å²) in [6, 6.07) is 5.68. The van der Waals surface area contributed by atoms with Crippen molar-refractivity contribution in [3.05, 3.63) is 35.8 Å². The second-order valence-corrected chi connectivity index (χ2v) is 3.48. The minimum absolute atomic E-state index is 0.279. The predicted molar refractivity (Wildman–Crippen MR) is 60.5 cm³/mol. The third kappa shape index (κ3) is 2.26. The zero-order chi connectivity index (χ0) is 12.3. The molecule has 0 aliphatic rings. The maximum Gasteiger partial charge on any atom is 0.358 e. The highest BCUT2D eigenvalue weighted by molar-refractivity contribution is 5.87. The van der Waals surface area contributed by atoms with Gasteiger partial charge in [0.15, 0.2) is 5.69 Å². The van der Waals surface area contributed by atoms with Crippen LogP contribution in [0.15, 0.2) is 24.5 Å². The Morgan fingerprint density at radius 1 is 1.65 bits per heavy atom. The zero-order valence-corrected chi connectivity index (χ0v) is 9.38. The molecule has 5 heteroatoms. The molecule has 2 heterocycles.